The van der Waals surface area contributed by atoms with Crippen LogP contribution in [0.3, 0.4) is 0 Å². The summed E-state index contributed by atoms with van der Waals surface area (Å²) in [4.78, 5) is 0. The van der Waals surface area contributed by atoms with Crippen LogP contribution in [0.15, 0.2) is 0 Å². The van der Waals surface area contributed by atoms with Crippen molar-refractivity contribution in [1.29, 1.82) is 0 Å². The lowest BCUT2D eigenvalue weighted by Gasteiger charge is -2.41. The predicted octanol–water partition coefficient (Wildman–Crippen LogP) is 4.31. The molecule has 0 aliphatic rings. The maximum absolute atomic E-state index is 12.7. The molecule has 0 rings (SSSR count). The molecule has 140 valence electrons. The highest BCUT2D eigenvalue weighted by Gasteiger charge is 2.92. The third-order valence-electron chi connectivity index (χ3n) is 2.33. The Balaban J connectivity index is 6.37. The van der Waals surface area contributed by atoms with Crippen LogP contribution in [0.4, 0.5) is 65.9 Å². The Labute approximate surface area is 114 Å². The summed E-state index contributed by atoms with van der Waals surface area (Å²) < 4.78 is 182. The van der Waals surface area contributed by atoms with E-state index in [4.69, 9.17) is 5.11 Å². The lowest BCUT2D eigenvalue weighted by molar-refractivity contribution is -0.475. The molecule has 0 aromatic carbocycles. The molecule has 0 amide bonds. The second-order valence-corrected chi connectivity index (χ2v) is 3.92. The smallest absolute Gasteiger partial charge is 0.352 e. The third kappa shape index (κ3) is 2.67. The van der Waals surface area contributed by atoms with Crippen LogP contribution in [0, 0.1) is 0 Å². The zero-order valence-electron chi connectivity index (χ0n) is 9.62. The second kappa shape index (κ2) is 4.95. The summed E-state index contributed by atoms with van der Waals surface area (Å²) in [6.07, 6.45) is -15.1. The van der Waals surface area contributed by atoms with E-state index in [9.17, 15) is 65.9 Å². The van der Waals surface area contributed by atoms with Gasteiger partial charge in [-0.2, -0.15) is 65.9 Å². The van der Waals surface area contributed by atoms with Crippen molar-refractivity contribution in [1.82, 2.24) is 0 Å². The van der Waals surface area contributed by atoms with Crippen molar-refractivity contribution in [3.8, 4) is 0 Å². The second-order valence-electron chi connectivity index (χ2n) is 3.92. The van der Waals surface area contributed by atoms with Gasteiger partial charge in [0, 0.05) is 0 Å². The van der Waals surface area contributed by atoms with E-state index in [0.717, 1.165) is 0 Å². The first kappa shape index (κ1) is 21.9. The molecule has 0 fully saturated rings. The van der Waals surface area contributed by atoms with E-state index in [-0.39, 0.29) is 0 Å². The van der Waals surface area contributed by atoms with Crippen molar-refractivity contribution in [2.24, 2.45) is 0 Å². The van der Waals surface area contributed by atoms with E-state index in [1.54, 1.807) is 0 Å². The molecule has 0 bridgehead atoms. The molecule has 23 heavy (non-hydrogen) atoms. The highest BCUT2D eigenvalue weighted by atomic mass is 19.4. The lowest BCUT2D eigenvalue weighted by atomic mass is 9.92. The van der Waals surface area contributed by atoms with Gasteiger partial charge in [0.05, 0.1) is 0 Å². The fraction of sp³-hybridized carbons (Fsp3) is 1.00. The molecule has 0 aliphatic heterocycles. The van der Waals surface area contributed by atoms with Gasteiger partial charge >= 0.3 is 41.9 Å². The van der Waals surface area contributed by atoms with Crippen LogP contribution in [-0.2, 0) is 0 Å². The van der Waals surface area contributed by atoms with E-state index in [2.05, 4.69) is 0 Å². The van der Waals surface area contributed by atoms with Crippen molar-refractivity contribution in [2.45, 2.75) is 41.9 Å². The first-order valence-corrected chi connectivity index (χ1v) is 4.56. The zero-order chi connectivity index (χ0) is 19.5. The van der Waals surface area contributed by atoms with Gasteiger partial charge < -0.3 is 5.11 Å². The molecule has 0 spiro atoms. The zero-order valence-corrected chi connectivity index (χ0v) is 9.62. The molecule has 0 radical (unpaired) electrons. The van der Waals surface area contributed by atoms with Crippen molar-refractivity contribution >= 4 is 0 Å². The van der Waals surface area contributed by atoms with E-state index in [0.29, 0.717) is 0 Å². The molecule has 1 nitrogen and oxygen atoms in total. The Hall–Kier alpha value is -1.09. The maximum atomic E-state index is 12.7. The predicted molar refractivity (Wildman–Crippen MR) is 38.0 cm³/mol. The average Bonchev–Trinajstić information content (AvgIpc) is 2.24. The number of rotatable bonds is 4. The van der Waals surface area contributed by atoms with Gasteiger partial charge in [-0.1, -0.05) is 0 Å². The number of hydrogen-bond acceptors (Lipinski definition) is 1. The standard InChI is InChI=1S/C7HF15O/c8-1(9,3(12,13)6(17,18)19)2(10,11)5(16,23)4(14,15)7(20,21)22/h23H. The summed E-state index contributed by atoms with van der Waals surface area (Å²) in [5, 5.41) is 7.80. The van der Waals surface area contributed by atoms with Crippen molar-refractivity contribution in [3.63, 3.8) is 0 Å². The van der Waals surface area contributed by atoms with Crippen LogP contribution in [0.1, 0.15) is 0 Å². The molecule has 0 heterocycles. The summed E-state index contributed by atoms with van der Waals surface area (Å²) in [5.41, 5.74) is 0. The Bertz CT molecular complexity index is 400. The van der Waals surface area contributed by atoms with Crippen molar-refractivity contribution in [2.75, 3.05) is 0 Å². The fourth-order valence-electron chi connectivity index (χ4n) is 0.968. The van der Waals surface area contributed by atoms with E-state index in [1.807, 2.05) is 0 Å². The Morgan fingerprint density at radius 2 is 0.609 bits per heavy atom. The van der Waals surface area contributed by atoms with Gasteiger partial charge in [-0.15, -0.1) is 0 Å². The van der Waals surface area contributed by atoms with Gasteiger partial charge in [0.1, 0.15) is 0 Å². The quantitative estimate of drug-likeness (QED) is 0.715. The summed E-state index contributed by atoms with van der Waals surface area (Å²) >= 11 is 0. The fourth-order valence-corrected chi connectivity index (χ4v) is 0.968. The average molecular weight is 386 g/mol. The van der Waals surface area contributed by atoms with Crippen LogP contribution in [0.25, 0.3) is 0 Å². The van der Waals surface area contributed by atoms with Gasteiger partial charge in [0.25, 0.3) is 0 Å². The van der Waals surface area contributed by atoms with Crippen LogP contribution >= 0.6 is 0 Å². The van der Waals surface area contributed by atoms with Crippen LogP contribution in [-0.4, -0.2) is 47.0 Å². The maximum Gasteiger partial charge on any atom is 0.460 e. The van der Waals surface area contributed by atoms with Gasteiger partial charge in [-0.25, -0.2) is 0 Å². The molecule has 0 aromatic heterocycles. The summed E-state index contributed by atoms with van der Waals surface area (Å²) in [6.45, 7) is 0. The highest BCUT2D eigenvalue weighted by Crippen LogP contribution is 2.60. The van der Waals surface area contributed by atoms with Gasteiger partial charge in [0.15, 0.2) is 0 Å². The molecule has 16 heteroatoms. The number of alkyl halides is 15. The summed E-state index contributed by atoms with van der Waals surface area (Å²) in [7, 11) is 0. The lowest BCUT2D eigenvalue weighted by Crippen LogP contribution is -2.73. The Kier molecular flexibility index (Phi) is 4.72. The largest absolute Gasteiger partial charge is 0.460 e. The molecular formula is C7HF15O. The monoisotopic (exact) mass is 386 g/mol. The number of hydrogen-bond donors (Lipinski definition) is 1. The van der Waals surface area contributed by atoms with Crippen molar-refractivity contribution < 1.29 is 71.0 Å². The minimum absolute atomic E-state index is 7.54. The summed E-state index contributed by atoms with van der Waals surface area (Å²) in [6, 6.07) is 0. The first-order valence-electron chi connectivity index (χ1n) is 4.56. The topological polar surface area (TPSA) is 20.2 Å². The molecular weight excluding hydrogens is 385 g/mol. The SMILES string of the molecule is OC(F)(C(F)(F)C(F)(F)F)C(F)(F)C(F)(F)C(F)(F)C(F)(F)F. The molecule has 0 aromatic rings. The number of halogens is 15. The molecule has 1 unspecified atom stereocenters. The molecule has 1 atom stereocenters. The van der Waals surface area contributed by atoms with Gasteiger partial charge in [0.2, 0.25) is 0 Å². The molecule has 1 N–H and O–H groups in total. The van der Waals surface area contributed by atoms with Gasteiger partial charge in [-0.3, -0.25) is 0 Å². The molecule has 0 saturated heterocycles. The van der Waals surface area contributed by atoms with Gasteiger partial charge in [-0.05, 0) is 0 Å². The van der Waals surface area contributed by atoms with E-state index in [1.165, 1.54) is 0 Å². The third-order valence-corrected chi connectivity index (χ3v) is 2.33. The highest BCUT2D eigenvalue weighted by molar-refractivity contribution is 5.11. The molecule has 0 saturated carbocycles. The Morgan fingerprint density at radius 1 is 0.348 bits per heavy atom. The minimum atomic E-state index is -8.21. The minimum Gasteiger partial charge on any atom is -0.352 e. The van der Waals surface area contributed by atoms with Crippen molar-refractivity contribution in [3.05, 3.63) is 0 Å². The first-order chi connectivity index (χ1) is 9.50. The molecule has 0 aliphatic carbocycles. The van der Waals surface area contributed by atoms with Crippen LogP contribution in [0.2, 0.25) is 0 Å². The number of aliphatic hydroxyl groups is 1. The van der Waals surface area contributed by atoms with E-state index >= 15 is 0 Å². The van der Waals surface area contributed by atoms with Crippen LogP contribution in [0.5, 0.6) is 0 Å². The summed E-state index contributed by atoms with van der Waals surface area (Å²) in [5.74, 6) is -40.1. The normalized spacial score (nSPS) is 18.8. The van der Waals surface area contributed by atoms with E-state index < -0.39 is 41.9 Å². The van der Waals surface area contributed by atoms with Crippen LogP contribution < -0.4 is 0 Å². The Morgan fingerprint density at radius 3 is 0.826 bits per heavy atom.